The molecule has 0 bridgehead atoms. The van der Waals surface area contributed by atoms with E-state index in [1.807, 2.05) is 19.1 Å². The summed E-state index contributed by atoms with van der Waals surface area (Å²) >= 11 is 1.23. The molecule has 0 spiro atoms. The van der Waals surface area contributed by atoms with Gasteiger partial charge in [-0.1, -0.05) is 19.8 Å². The number of carbonyl (C=O) groups is 2. The number of carbonyl (C=O) groups excluding carboxylic acids is 1. The first-order valence-corrected chi connectivity index (χ1v) is 7.83. The Hall–Kier alpha value is -2.28. The lowest BCUT2D eigenvalue weighted by Gasteiger charge is -2.12. The fourth-order valence-electron chi connectivity index (χ4n) is 1.90. The second kappa shape index (κ2) is 7.65. The Kier molecular flexibility index (Phi) is 5.60. The van der Waals surface area contributed by atoms with E-state index in [2.05, 4.69) is 15.3 Å². The number of aromatic nitrogens is 2. The number of unbranched alkanes of at least 4 members (excludes halogenated alkanes) is 1. The summed E-state index contributed by atoms with van der Waals surface area (Å²) in [6.07, 6.45) is 6.83. The largest absolute Gasteiger partial charge is 0.480 e. The summed E-state index contributed by atoms with van der Waals surface area (Å²) in [5.41, 5.74) is 0.875. The molecule has 2 N–H and O–H groups in total. The van der Waals surface area contributed by atoms with Gasteiger partial charge < -0.3 is 10.4 Å². The molecule has 6 nitrogen and oxygen atoms in total. The van der Waals surface area contributed by atoms with Gasteiger partial charge >= 0.3 is 5.97 Å². The van der Waals surface area contributed by atoms with E-state index in [4.69, 9.17) is 5.11 Å². The molecule has 22 heavy (non-hydrogen) atoms. The zero-order valence-corrected chi connectivity index (χ0v) is 13.0. The third-order valence-corrected chi connectivity index (χ3v) is 4.15. The number of carboxylic acid groups (broad SMARTS) is 1. The van der Waals surface area contributed by atoms with Crippen LogP contribution in [-0.4, -0.2) is 33.0 Å². The van der Waals surface area contributed by atoms with Crippen molar-refractivity contribution in [2.24, 2.45) is 0 Å². The van der Waals surface area contributed by atoms with Crippen molar-refractivity contribution in [3.63, 3.8) is 0 Å². The first-order valence-electron chi connectivity index (χ1n) is 7.01. The molecule has 2 aromatic heterocycles. The third kappa shape index (κ3) is 4.11. The standard InChI is InChI=1S/C15H17N3O3S/c1-2-3-4-11(15(20)21)18-13(19)12-9-17-14(22-12)10-5-7-16-8-6-10/h5-9,11H,2-4H2,1H3,(H,18,19)(H,20,21). The molecule has 0 aliphatic heterocycles. The Morgan fingerprint density at radius 3 is 2.73 bits per heavy atom. The second-order valence-electron chi connectivity index (χ2n) is 4.77. The Labute approximate surface area is 132 Å². The molecule has 0 saturated carbocycles. The molecule has 1 atom stereocenters. The number of nitrogens with zero attached hydrogens (tertiary/aromatic N) is 2. The number of rotatable bonds is 7. The molecule has 0 aromatic carbocycles. The first-order chi connectivity index (χ1) is 10.6. The van der Waals surface area contributed by atoms with Crippen LogP contribution in [0.15, 0.2) is 30.7 Å². The van der Waals surface area contributed by atoms with Gasteiger partial charge in [0.15, 0.2) is 0 Å². The Balaban J connectivity index is 2.06. The normalized spacial score (nSPS) is 11.9. The molecule has 2 rings (SSSR count). The first kappa shape index (κ1) is 16.1. The van der Waals surface area contributed by atoms with Crippen molar-refractivity contribution in [2.45, 2.75) is 32.2 Å². The second-order valence-corrected chi connectivity index (χ2v) is 5.80. The van der Waals surface area contributed by atoms with Crippen molar-refractivity contribution in [3.05, 3.63) is 35.6 Å². The summed E-state index contributed by atoms with van der Waals surface area (Å²) in [5, 5.41) is 12.4. The van der Waals surface area contributed by atoms with Gasteiger partial charge in [-0.3, -0.25) is 9.78 Å². The zero-order chi connectivity index (χ0) is 15.9. The molecule has 2 heterocycles. The van der Waals surface area contributed by atoms with E-state index >= 15 is 0 Å². The molecule has 1 amide bonds. The third-order valence-electron chi connectivity index (χ3n) is 3.11. The summed E-state index contributed by atoms with van der Waals surface area (Å²) in [6.45, 7) is 1.98. The van der Waals surface area contributed by atoms with E-state index in [0.29, 0.717) is 16.3 Å². The minimum Gasteiger partial charge on any atom is -0.480 e. The van der Waals surface area contributed by atoms with Gasteiger partial charge in [0.05, 0.1) is 6.20 Å². The minimum absolute atomic E-state index is 0.398. The summed E-state index contributed by atoms with van der Waals surface area (Å²) < 4.78 is 0. The van der Waals surface area contributed by atoms with Crippen molar-refractivity contribution < 1.29 is 14.7 Å². The van der Waals surface area contributed by atoms with Crippen molar-refractivity contribution in [1.82, 2.24) is 15.3 Å². The van der Waals surface area contributed by atoms with Crippen LogP contribution in [0.2, 0.25) is 0 Å². The molecule has 1 unspecified atom stereocenters. The lowest BCUT2D eigenvalue weighted by atomic mass is 10.1. The maximum absolute atomic E-state index is 12.2. The molecular weight excluding hydrogens is 302 g/mol. The fraction of sp³-hybridized carbons (Fsp3) is 0.333. The summed E-state index contributed by atoms with van der Waals surface area (Å²) in [7, 11) is 0. The number of thiazole rings is 1. The zero-order valence-electron chi connectivity index (χ0n) is 12.2. The predicted molar refractivity (Wildman–Crippen MR) is 83.8 cm³/mol. The molecule has 0 aliphatic carbocycles. The van der Waals surface area contributed by atoms with E-state index in [0.717, 1.165) is 18.4 Å². The van der Waals surface area contributed by atoms with E-state index in [9.17, 15) is 9.59 Å². The van der Waals surface area contributed by atoms with E-state index in [1.54, 1.807) is 12.4 Å². The van der Waals surface area contributed by atoms with Crippen LogP contribution < -0.4 is 5.32 Å². The number of hydrogen-bond donors (Lipinski definition) is 2. The van der Waals surface area contributed by atoms with Gasteiger partial charge in [-0.25, -0.2) is 9.78 Å². The van der Waals surface area contributed by atoms with Crippen LogP contribution in [0.25, 0.3) is 10.6 Å². The summed E-state index contributed by atoms with van der Waals surface area (Å²) in [6, 6.07) is 2.75. The molecule has 2 aromatic rings. The number of aliphatic carboxylic acids is 1. The Morgan fingerprint density at radius 2 is 2.09 bits per heavy atom. The van der Waals surface area contributed by atoms with Crippen LogP contribution in [0.5, 0.6) is 0 Å². The number of pyridine rings is 1. The van der Waals surface area contributed by atoms with E-state index in [1.165, 1.54) is 17.5 Å². The smallest absolute Gasteiger partial charge is 0.326 e. The highest BCUT2D eigenvalue weighted by Gasteiger charge is 2.21. The van der Waals surface area contributed by atoms with Gasteiger partial charge in [-0.05, 0) is 18.6 Å². The van der Waals surface area contributed by atoms with Gasteiger partial charge in [-0.2, -0.15) is 0 Å². The molecule has 0 fully saturated rings. The number of hydrogen-bond acceptors (Lipinski definition) is 5. The van der Waals surface area contributed by atoms with Crippen LogP contribution in [-0.2, 0) is 4.79 Å². The van der Waals surface area contributed by atoms with Crippen molar-refractivity contribution in [3.8, 4) is 10.6 Å². The molecular formula is C15H17N3O3S. The lowest BCUT2D eigenvalue weighted by molar-refractivity contribution is -0.139. The number of amides is 1. The van der Waals surface area contributed by atoms with Crippen molar-refractivity contribution in [2.75, 3.05) is 0 Å². The van der Waals surface area contributed by atoms with Gasteiger partial charge in [-0.15, -0.1) is 11.3 Å². The number of carboxylic acids is 1. The summed E-state index contributed by atoms with van der Waals surface area (Å²) in [5.74, 6) is -1.41. The minimum atomic E-state index is -1.01. The SMILES string of the molecule is CCCCC(NC(=O)c1cnc(-c2ccncc2)s1)C(=O)O. The lowest BCUT2D eigenvalue weighted by Crippen LogP contribution is -2.40. The van der Waals surface area contributed by atoms with Crippen LogP contribution >= 0.6 is 11.3 Å². The van der Waals surface area contributed by atoms with Crippen molar-refractivity contribution >= 4 is 23.2 Å². The van der Waals surface area contributed by atoms with Gasteiger partial charge in [0.25, 0.3) is 5.91 Å². The van der Waals surface area contributed by atoms with E-state index in [-0.39, 0.29) is 0 Å². The monoisotopic (exact) mass is 319 g/mol. The highest BCUT2D eigenvalue weighted by atomic mass is 32.1. The summed E-state index contributed by atoms with van der Waals surface area (Å²) in [4.78, 5) is 31.9. The topological polar surface area (TPSA) is 92.2 Å². The molecule has 116 valence electrons. The highest BCUT2D eigenvalue weighted by Crippen LogP contribution is 2.24. The molecule has 0 radical (unpaired) electrons. The average Bonchev–Trinajstić information content (AvgIpc) is 3.02. The number of nitrogens with one attached hydrogen (secondary N) is 1. The van der Waals surface area contributed by atoms with Crippen LogP contribution in [0.4, 0.5) is 0 Å². The molecule has 7 heteroatoms. The maximum atomic E-state index is 12.2. The molecule has 0 saturated heterocycles. The quantitative estimate of drug-likeness (QED) is 0.818. The van der Waals surface area contributed by atoms with Gasteiger partial charge in [0.2, 0.25) is 0 Å². The van der Waals surface area contributed by atoms with Gasteiger partial charge in [0.1, 0.15) is 15.9 Å². The van der Waals surface area contributed by atoms with Crippen LogP contribution in [0, 0.1) is 0 Å². The predicted octanol–water partition coefficient (Wildman–Crippen LogP) is 2.58. The van der Waals surface area contributed by atoms with E-state index < -0.39 is 17.9 Å². The van der Waals surface area contributed by atoms with Crippen LogP contribution in [0.1, 0.15) is 35.9 Å². The fourth-order valence-corrected chi connectivity index (χ4v) is 2.73. The average molecular weight is 319 g/mol. The van der Waals surface area contributed by atoms with Crippen LogP contribution in [0.3, 0.4) is 0 Å². The highest BCUT2D eigenvalue weighted by molar-refractivity contribution is 7.16. The van der Waals surface area contributed by atoms with Gasteiger partial charge in [0, 0.05) is 18.0 Å². The Bertz CT molecular complexity index is 642. The van der Waals surface area contributed by atoms with Crippen molar-refractivity contribution in [1.29, 1.82) is 0 Å². The molecule has 0 aliphatic rings. The maximum Gasteiger partial charge on any atom is 0.326 e. The Morgan fingerprint density at radius 1 is 1.36 bits per heavy atom.